The lowest BCUT2D eigenvalue weighted by molar-refractivity contribution is 0.120. The van der Waals surface area contributed by atoms with Crippen molar-refractivity contribution >= 4 is 15.7 Å². The maximum Gasteiger partial charge on any atom is 0.180 e. The zero-order valence-corrected chi connectivity index (χ0v) is 13.7. The summed E-state index contributed by atoms with van der Waals surface area (Å²) in [4.78, 5) is 0.229. The number of nitrogens with two attached hydrogens (primary N) is 1. The number of hydrogen-bond donors (Lipinski definition) is 2. The largest absolute Gasteiger partial charge is 0.384 e. The third-order valence-corrected chi connectivity index (χ3v) is 4.71. The van der Waals surface area contributed by atoms with Crippen LogP contribution in [-0.2, 0) is 14.6 Å². The van der Waals surface area contributed by atoms with Gasteiger partial charge in [-0.3, -0.25) is 5.41 Å². The smallest absolute Gasteiger partial charge is 0.180 e. The van der Waals surface area contributed by atoms with Crippen molar-refractivity contribution in [3.8, 4) is 0 Å². The Labute approximate surface area is 126 Å². The molecule has 0 aromatic heterocycles. The lowest BCUT2D eigenvalue weighted by atomic mass is 9.93. The van der Waals surface area contributed by atoms with Gasteiger partial charge in [-0.05, 0) is 24.0 Å². The van der Waals surface area contributed by atoms with Gasteiger partial charge in [0.25, 0.3) is 0 Å². The number of amidine groups is 1. The van der Waals surface area contributed by atoms with Gasteiger partial charge in [0.15, 0.2) is 9.84 Å². The normalized spacial score (nSPS) is 12.3. The summed E-state index contributed by atoms with van der Waals surface area (Å²) in [6.07, 6.45) is 0.889. The van der Waals surface area contributed by atoms with Gasteiger partial charge in [0.05, 0.1) is 17.3 Å². The molecule has 0 unspecified atom stereocenters. The van der Waals surface area contributed by atoms with E-state index in [4.69, 9.17) is 15.9 Å². The van der Waals surface area contributed by atoms with Crippen LogP contribution in [0.1, 0.15) is 32.8 Å². The molecule has 3 N–H and O–H groups in total. The Balaban J connectivity index is 2.52. The van der Waals surface area contributed by atoms with E-state index in [-0.39, 0.29) is 28.5 Å². The van der Waals surface area contributed by atoms with E-state index in [1.807, 2.05) is 0 Å². The number of nitrogen functional groups attached to an aromatic ring is 1. The molecule has 1 rings (SSSR count). The van der Waals surface area contributed by atoms with Crippen LogP contribution in [0.3, 0.4) is 0 Å². The molecule has 1 aromatic carbocycles. The molecule has 118 valence electrons. The summed E-state index contributed by atoms with van der Waals surface area (Å²) in [7, 11) is -3.35. The van der Waals surface area contributed by atoms with Gasteiger partial charge in [0.2, 0.25) is 0 Å². The van der Waals surface area contributed by atoms with E-state index >= 15 is 0 Å². The number of rotatable bonds is 7. The third-order valence-electron chi connectivity index (χ3n) is 3.02. The van der Waals surface area contributed by atoms with Crippen LogP contribution in [-0.4, -0.2) is 33.2 Å². The fourth-order valence-electron chi connectivity index (χ4n) is 1.61. The molecule has 0 atom stereocenters. The third kappa shape index (κ3) is 6.27. The summed E-state index contributed by atoms with van der Waals surface area (Å²) in [5.74, 6) is -0.124. The summed E-state index contributed by atoms with van der Waals surface area (Å²) in [6.45, 7) is 7.09. The van der Waals surface area contributed by atoms with Gasteiger partial charge in [-0.15, -0.1) is 0 Å². The molecule has 0 aliphatic carbocycles. The molecule has 5 nitrogen and oxygen atoms in total. The monoisotopic (exact) mass is 312 g/mol. The first kappa shape index (κ1) is 17.7. The zero-order chi connectivity index (χ0) is 16.1. The quantitative estimate of drug-likeness (QED) is 0.458. The number of nitrogens with one attached hydrogen (secondary N) is 1. The van der Waals surface area contributed by atoms with Crippen LogP contribution in [0, 0.1) is 10.8 Å². The fourth-order valence-corrected chi connectivity index (χ4v) is 2.73. The number of hydrogen-bond acceptors (Lipinski definition) is 4. The second-order valence-corrected chi connectivity index (χ2v) is 8.29. The number of ether oxygens (including phenoxy) is 1. The first-order chi connectivity index (χ1) is 9.62. The number of sulfone groups is 1. The van der Waals surface area contributed by atoms with Crippen molar-refractivity contribution in [1.82, 2.24) is 0 Å². The Morgan fingerprint density at radius 2 is 1.76 bits per heavy atom. The summed E-state index contributed by atoms with van der Waals surface area (Å²) in [6, 6.07) is 6.02. The van der Waals surface area contributed by atoms with Gasteiger partial charge >= 0.3 is 0 Å². The minimum Gasteiger partial charge on any atom is -0.384 e. The van der Waals surface area contributed by atoms with Gasteiger partial charge < -0.3 is 10.5 Å². The first-order valence-corrected chi connectivity index (χ1v) is 8.52. The van der Waals surface area contributed by atoms with E-state index in [2.05, 4.69) is 20.8 Å². The Morgan fingerprint density at radius 3 is 2.24 bits per heavy atom. The van der Waals surface area contributed by atoms with Crippen LogP contribution in [0.15, 0.2) is 29.2 Å². The maximum atomic E-state index is 12.1. The van der Waals surface area contributed by atoms with Crippen molar-refractivity contribution in [2.75, 3.05) is 19.0 Å². The lowest BCUT2D eigenvalue weighted by Crippen LogP contribution is -2.16. The van der Waals surface area contributed by atoms with Crippen molar-refractivity contribution < 1.29 is 13.2 Å². The van der Waals surface area contributed by atoms with Gasteiger partial charge in [0.1, 0.15) is 5.84 Å². The fraction of sp³-hybridized carbons (Fsp3) is 0.533. The molecule has 0 fully saturated rings. The van der Waals surface area contributed by atoms with Crippen LogP contribution < -0.4 is 5.73 Å². The Bertz CT molecular complexity index is 572. The molecular formula is C15H24N2O3S. The molecule has 0 spiro atoms. The van der Waals surface area contributed by atoms with Crippen LogP contribution in [0.25, 0.3) is 0 Å². The zero-order valence-electron chi connectivity index (χ0n) is 12.8. The highest BCUT2D eigenvalue weighted by atomic mass is 32.2. The topological polar surface area (TPSA) is 93.2 Å². The van der Waals surface area contributed by atoms with E-state index in [1.165, 1.54) is 24.3 Å². The van der Waals surface area contributed by atoms with Crippen LogP contribution in [0.5, 0.6) is 0 Å². The van der Waals surface area contributed by atoms with Gasteiger partial charge in [0, 0.05) is 12.2 Å². The summed E-state index contributed by atoms with van der Waals surface area (Å²) < 4.78 is 29.6. The van der Waals surface area contributed by atoms with Crippen LogP contribution in [0.2, 0.25) is 0 Å². The minimum absolute atomic E-state index is 0.0451. The van der Waals surface area contributed by atoms with Gasteiger partial charge in [-0.25, -0.2) is 8.42 Å². The van der Waals surface area contributed by atoms with E-state index in [9.17, 15) is 8.42 Å². The predicted molar refractivity (Wildman–Crippen MR) is 84.4 cm³/mol. The molecule has 6 heteroatoms. The molecule has 0 aliphatic heterocycles. The number of benzene rings is 1. The highest BCUT2D eigenvalue weighted by Crippen LogP contribution is 2.18. The molecule has 1 aromatic rings. The second-order valence-electron chi connectivity index (χ2n) is 6.18. The van der Waals surface area contributed by atoms with Crippen molar-refractivity contribution in [1.29, 1.82) is 5.41 Å². The summed E-state index contributed by atoms with van der Waals surface area (Å²) in [5, 5.41) is 7.28. The van der Waals surface area contributed by atoms with Gasteiger partial charge in [-0.2, -0.15) is 0 Å². The molecule has 21 heavy (non-hydrogen) atoms. The Hall–Kier alpha value is -1.40. The van der Waals surface area contributed by atoms with Crippen molar-refractivity contribution in [2.24, 2.45) is 11.1 Å². The second kappa shape index (κ2) is 7.04. The van der Waals surface area contributed by atoms with E-state index in [0.29, 0.717) is 12.2 Å². The lowest BCUT2D eigenvalue weighted by Gasteiger charge is -2.17. The molecule has 0 radical (unpaired) electrons. The molecule has 0 aliphatic rings. The summed E-state index contributed by atoms with van der Waals surface area (Å²) >= 11 is 0. The van der Waals surface area contributed by atoms with Crippen molar-refractivity contribution in [3.05, 3.63) is 29.8 Å². The molecule has 0 bridgehead atoms. The average Bonchev–Trinajstić information content (AvgIpc) is 2.37. The molecule has 0 heterocycles. The minimum atomic E-state index is -3.35. The predicted octanol–water partition coefficient (Wildman–Crippen LogP) is 2.20. The Morgan fingerprint density at radius 1 is 1.19 bits per heavy atom. The molecule has 0 saturated carbocycles. The van der Waals surface area contributed by atoms with Crippen molar-refractivity contribution in [2.45, 2.75) is 32.1 Å². The SMILES string of the molecule is CC(C)(C)CCOCCS(=O)(=O)c1ccc(C(=N)N)cc1. The van der Waals surface area contributed by atoms with E-state index in [1.54, 1.807) is 0 Å². The standard InChI is InChI=1S/C15H24N2O3S/c1-15(2,3)8-9-20-10-11-21(18,19)13-6-4-12(5-7-13)14(16)17/h4-7H,8-11H2,1-3H3,(H3,16,17). The van der Waals surface area contributed by atoms with E-state index in [0.717, 1.165) is 6.42 Å². The molecular weight excluding hydrogens is 288 g/mol. The Kier molecular flexibility index (Phi) is 5.92. The van der Waals surface area contributed by atoms with Gasteiger partial charge in [-0.1, -0.05) is 32.9 Å². The van der Waals surface area contributed by atoms with E-state index < -0.39 is 9.84 Å². The first-order valence-electron chi connectivity index (χ1n) is 6.87. The highest BCUT2D eigenvalue weighted by Gasteiger charge is 2.15. The molecule has 0 saturated heterocycles. The van der Waals surface area contributed by atoms with Crippen LogP contribution >= 0.6 is 0 Å². The van der Waals surface area contributed by atoms with Crippen LogP contribution in [0.4, 0.5) is 0 Å². The average molecular weight is 312 g/mol. The maximum absolute atomic E-state index is 12.1. The highest BCUT2D eigenvalue weighted by molar-refractivity contribution is 7.91. The summed E-state index contributed by atoms with van der Waals surface area (Å²) in [5.41, 5.74) is 6.03. The van der Waals surface area contributed by atoms with Crippen molar-refractivity contribution in [3.63, 3.8) is 0 Å². The molecule has 0 amide bonds.